The maximum atomic E-state index is 11.8. The van der Waals surface area contributed by atoms with Crippen LogP contribution >= 0.6 is 0 Å². The molecular weight excluding hydrogens is 304 g/mol. The van der Waals surface area contributed by atoms with Crippen LogP contribution in [0.1, 0.15) is 32.3 Å². The molecule has 5 nitrogen and oxygen atoms in total. The first-order chi connectivity index (χ1) is 11.4. The number of hydrogen-bond acceptors (Lipinski definition) is 4. The highest BCUT2D eigenvalue weighted by Crippen LogP contribution is 2.14. The number of benzene rings is 1. The molecule has 1 aliphatic rings. The van der Waals surface area contributed by atoms with Gasteiger partial charge in [-0.05, 0) is 44.0 Å². The van der Waals surface area contributed by atoms with E-state index < -0.39 is 6.10 Å². The molecule has 0 saturated carbocycles. The summed E-state index contributed by atoms with van der Waals surface area (Å²) in [5, 5.41) is 13.3. The molecular formula is C19H30N2O3. The summed E-state index contributed by atoms with van der Waals surface area (Å²) in [6, 6.07) is 8.01. The minimum atomic E-state index is -0.537. The van der Waals surface area contributed by atoms with Crippen LogP contribution in [0.25, 0.3) is 0 Å². The fourth-order valence-corrected chi connectivity index (χ4v) is 2.96. The zero-order chi connectivity index (χ0) is 17.5. The van der Waals surface area contributed by atoms with E-state index in [0.717, 1.165) is 37.2 Å². The van der Waals surface area contributed by atoms with Gasteiger partial charge < -0.3 is 15.2 Å². The van der Waals surface area contributed by atoms with Gasteiger partial charge in [-0.25, -0.2) is 0 Å². The number of nitrogens with zero attached hydrogens (tertiary/aromatic N) is 1. The van der Waals surface area contributed by atoms with E-state index in [-0.39, 0.29) is 24.5 Å². The second kappa shape index (κ2) is 9.04. The lowest BCUT2D eigenvalue weighted by molar-refractivity contribution is -0.125. The first-order valence-electron chi connectivity index (χ1n) is 8.84. The highest BCUT2D eigenvalue weighted by atomic mass is 16.5. The summed E-state index contributed by atoms with van der Waals surface area (Å²) in [4.78, 5) is 14.0. The highest BCUT2D eigenvalue weighted by Gasteiger charge is 2.23. The van der Waals surface area contributed by atoms with Gasteiger partial charge in [0, 0.05) is 25.0 Å². The number of hydrogen-bond donors (Lipinski definition) is 2. The van der Waals surface area contributed by atoms with Gasteiger partial charge in [-0.15, -0.1) is 0 Å². The molecule has 1 amide bonds. The number of aliphatic hydroxyl groups is 1. The number of ether oxygens (including phenoxy) is 1. The van der Waals surface area contributed by atoms with Crippen LogP contribution in [0.4, 0.5) is 0 Å². The normalized spacial score (nSPS) is 20.0. The Labute approximate surface area is 145 Å². The number of carbonyl (C=O) groups is 1. The first-order valence-corrected chi connectivity index (χ1v) is 8.84. The molecule has 0 aliphatic carbocycles. The first kappa shape index (κ1) is 18.7. The van der Waals surface area contributed by atoms with Gasteiger partial charge >= 0.3 is 0 Å². The van der Waals surface area contributed by atoms with Crippen LogP contribution < -0.4 is 10.1 Å². The predicted molar refractivity (Wildman–Crippen MR) is 95.1 cm³/mol. The van der Waals surface area contributed by atoms with E-state index in [0.29, 0.717) is 6.54 Å². The number of likely N-dealkylation sites (tertiary alicyclic amines) is 1. The minimum absolute atomic E-state index is 0.00805. The third-order valence-corrected chi connectivity index (χ3v) is 4.28. The maximum absolute atomic E-state index is 11.8. The average Bonchev–Trinajstić information content (AvgIpc) is 2.53. The van der Waals surface area contributed by atoms with Crippen molar-refractivity contribution in [3.63, 3.8) is 0 Å². The van der Waals surface area contributed by atoms with Crippen molar-refractivity contribution in [2.24, 2.45) is 5.92 Å². The molecule has 2 rings (SSSR count). The molecule has 0 aromatic heterocycles. The quantitative estimate of drug-likeness (QED) is 0.800. The number of nitrogens with one attached hydrogen (secondary N) is 1. The molecule has 5 heteroatoms. The van der Waals surface area contributed by atoms with Gasteiger partial charge in [0.1, 0.15) is 18.5 Å². The topological polar surface area (TPSA) is 61.8 Å². The summed E-state index contributed by atoms with van der Waals surface area (Å²) >= 11 is 0. The molecule has 1 heterocycles. The Hall–Kier alpha value is -1.59. The SMILES string of the molecule is Cc1cccc(OCC(O)CN2CCCC(NC(=O)C(C)C)C2)c1. The zero-order valence-electron chi connectivity index (χ0n) is 15.0. The van der Waals surface area contributed by atoms with E-state index in [1.807, 2.05) is 45.0 Å². The van der Waals surface area contributed by atoms with Crippen molar-refractivity contribution in [1.29, 1.82) is 0 Å². The Morgan fingerprint density at radius 3 is 2.96 bits per heavy atom. The van der Waals surface area contributed by atoms with E-state index in [1.165, 1.54) is 0 Å². The Morgan fingerprint density at radius 1 is 1.46 bits per heavy atom. The minimum Gasteiger partial charge on any atom is -0.491 e. The van der Waals surface area contributed by atoms with Crippen LogP contribution in [0, 0.1) is 12.8 Å². The van der Waals surface area contributed by atoms with Crippen LogP contribution in [-0.4, -0.2) is 54.3 Å². The van der Waals surface area contributed by atoms with Gasteiger partial charge in [0.2, 0.25) is 5.91 Å². The number of piperidine rings is 1. The number of rotatable bonds is 7. The molecule has 1 saturated heterocycles. The standard InChI is InChI=1S/C19H30N2O3/c1-14(2)19(23)20-16-7-5-9-21(11-16)12-17(22)13-24-18-8-4-6-15(3)10-18/h4,6,8,10,14,16-17,22H,5,7,9,11-13H2,1-3H3,(H,20,23). The van der Waals surface area contributed by atoms with Crippen molar-refractivity contribution in [2.45, 2.75) is 45.8 Å². The molecule has 1 aromatic carbocycles. The van der Waals surface area contributed by atoms with Crippen molar-refractivity contribution in [1.82, 2.24) is 10.2 Å². The lowest BCUT2D eigenvalue weighted by Crippen LogP contribution is -2.50. The number of aryl methyl sites for hydroxylation is 1. The van der Waals surface area contributed by atoms with Crippen molar-refractivity contribution in [3.05, 3.63) is 29.8 Å². The third kappa shape index (κ3) is 6.13. The van der Waals surface area contributed by atoms with Gasteiger partial charge in [0.05, 0.1) is 0 Å². The van der Waals surface area contributed by atoms with Crippen LogP contribution in [0.3, 0.4) is 0 Å². The van der Waals surface area contributed by atoms with Crippen LogP contribution in [-0.2, 0) is 4.79 Å². The van der Waals surface area contributed by atoms with Gasteiger partial charge in [0.15, 0.2) is 0 Å². The lowest BCUT2D eigenvalue weighted by Gasteiger charge is -2.34. The molecule has 2 N–H and O–H groups in total. The van der Waals surface area contributed by atoms with E-state index in [9.17, 15) is 9.90 Å². The van der Waals surface area contributed by atoms with Crippen molar-refractivity contribution in [2.75, 3.05) is 26.2 Å². The van der Waals surface area contributed by atoms with Crippen LogP contribution in [0.2, 0.25) is 0 Å². The van der Waals surface area contributed by atoms with Crippen molar-refractivity contribution in [3.8, 4) is 5.75 Å². The Bertz CT molecular complexity index is 533. The number of aliphatic hydroxyl groups excluding tert-OH is 1. The molecule has 1 aromatic rings. The van der Waals surface area contributed by atoms with E-state index in [4.69, 9.17) is 4.74 Å². The maximum Gasteiger partial charge on any atom is 0.222 e. The molecule has 2 atom stereocenters. The Morgan fingerprint density at radius 2 is 2.25 bits per heavy atom. The molecule has 1 fully saturated rings. The summed E-state index contributed by atoms with van der Waals surface area (Å²) in [6.07, 6.45) is 1.50. The van der Waals surface area contributed by atoms with E-state index >= 15 is 0 Å². The number of amides is 1. The summed E-state index contributed by atoms with van der Waals surface area (Å²) in [6.45, 7) is 8.42. The van der Waals surface area contributed by atoms with Gasteiger partial charge in [-0.2, -0.15) is 0 Å². The second-order valence-electron chi connectivity index (χ2n) is 7.04. The van der Waals surface area contributed by atoms with E-state index in [2.05, 4.69) is 10.2 Å². The van der Waals surface area contributed by atoms with Crippen LogP contribution in [0.15, 0.2) is 24.3 Å². The Kier molecular flexibility index (Phi) is 7.06. The molecule has 0 radical (unpaired) electrons. The van der Waals surface area contributed by atoms with Gasteiger partial charge in [-0.3, -0.25) is 9.69 Å². The smallest absolute Gasteiger partial charge is 0.222 e. The highest BCUT2D eigenvalue weighted by molar-refractivity contribution is 5.78. The summed E-state index contributed by atoms with van der Waals surface area (Å²) in [5.74, 6) is 0.897. The second-order valence-corrected chi connectivity index (χ2v) is 7.04. The van der Waals surface area contributed by atoms with Crippen molar-refractivity contribution >= 4 is 5.91 Å². The number of carbonyl (C=O) groups excluding carboxylic acids is 1. The van der Waals surface area contributed by atoms with Gasteiger partial charge in [0.25, 0.3) is 0 Å². The molecule has 0 spiro atoms. The molecule has 0 bridgehead atoms. The fraction of sp³-hybridized carbons (Fsp3) is 0.632. The zero-order valence-corrected chi connectivity index (χ0v) is 15.0. The average molecular weight is 334 g/mol. The molecule has 2 unspecified atom stereocenters. The van der Waals surface area contributed by atoms with Gasteiger partial charge in [-0.1, -0.05) is 26.0 Å². The third-order valence-electron chi connectivity index (χ3n) is 4.28. The predicted octanol–water partition coefficient (Wildman–Crippen LogP) is 1.97. The Balaban J connectivity index is 1.74. The number of β-amino-alcohol motifs (C(OH)–C–C–N with tert-alkyl or cyclic N) is 1. The molecule has 134 valence electrons. The van der Waals surface area contributed by atoms with E-state index in [1.54, 1.807) is 0 Å². The van der Waals surface area contributed by atoms with Crippen molar-refractivity contribution < 1.29 is 14.6 Å². The molecule has 1 aliphatic heterocycles. The summed E-state index contributed by atoms with van der Waals surface area (Å²) in [7, 11) is 0. The fourth-order valence-electron chi connectivity index (χ4n) is 2.96. The summed E-state index contributed by atoms with van der Waals surface area (Å²) in [5.41, 5.74) is 1.14. The monoisotopic (exact) mass is 334 g/mol. The largest absolute Gasteiger partial charge is 0.491 e. The lowest BCUT2D eigenvalue weighted by atomic mass is 10.0. The molecule has 24 heavy (non-hydrogen) atoms. The van der Waals surface area contributed by atoms with Crippen LogP contribution in [0.5, 0.6) is 5.75 Å². The summed E-state index contributed by atoms with van der Waals surface area (Å²) < 4.78 is 5.67.